The van der Waals surface area contributed by atoms with Gasteiger partial charge >= 0.3 is 0 Å². The fourth-order valence-electron chi connectivity index (χ4n) is 1.26. The van der Waals surface area contributed by atoms with Gasteiger partial charge in [0.25, 0.3) is 0 Å². The Hall–Kier alpha value is -1.56. The number of hydrogen-bond donors (Lipinski definition) is 2. The maximum absolute atomic E-state index is 13.2. The Morgan fingerprint density at radius 3 is 2.72 bits per heavy atom. The molecule has 0 bridgehead atoms. The van der Waals surface area contributed by atoms with Gasteiger partial charge in [0.15, 0.2) is 0 Å². The summed E-state index contributed by atoms with van der Waals surface area (Å²) < 4.78 is 25.8. The molecule has 1 aromatic rings. The first-order valence-corrected chi connectivity index (χ1v) is 5.57. The van der Waals surface area contributed by atoms with Crippen molar-refractivity contribution in [3.05, 3.63) is 29.6 Å². The topological polar surface area (TPSA) is 62.2 Å². The fourth-order valence-corrected chi connectivity index (χ4v) is 1.26. The number of amides is 1. The van der Waals surface area contributed by atoms with E-state index in [9.17, 15) is 18.7 Å². The maximum Gasteiger partial charge on any atom is 0.220 e. The van der Waals surface area contributed by atoms with Crippen LogP contribution in [0.15, 0.2) is 12.3 Å². The summed E-state index contributed by atoms with van der Waals surface area (Å²) in [7, 11) is 0. The lowest BCUT2D eigenvalue weighted by Crippen LogP contribution is -2.27. The van der Waals surface area contributed by atoms with Gasteiger partial charge in [-0.1, -0.05) is 0 Å². The van der Waals surface area contributed by atoms with Gasteiger partial charge in [0.1, 0.15) is 11.6 Å². The number of carbonyl (C=O) groups excluding carboxylic acids is 1. The molecule has 2 N–H and O–H groups in total. The molecule has 0 saturated heterocycles. The number of rotatable bonds is 5. The van der Waals surface area contributed by atoms with Crippen molar-refractivity contribution in [1.82, 2.24) is 10.3 Å². The van der Waals surface area contributed by atoms with Crippen molar-refractivity contribution in [3.63, 3.8) is 0 Å². The lowest BCUT2D eigenvalue weighted by atomic mass is 10.0. The molecule has 0 radical (unpaired) electrons. The number of nitrogens with one attached hydrogen (secondary N) is 1. The normalized spacial score (nSPS) is 11.4. The van der Waals surface area contributed by atoms with Crippen LogP contribution >= 0.6 is 0 Å². The lowest BCUT2D eigenvalue weighted by molar-refractivity contribution is -0.122. The third-order valence-corrected chi connectivity index (χ3v) is 2.30. The van der Waals surface area contributed by atoms with Crippen LogP contribution in [0.5, 0.6) is 0 Å². The van der Waals surface area contributed by atoms with E-state index in [1.807, 2.05) is 0 Å². The van der Waals surface area contributed by atoms with E-state index in [0.717, 1.165) is 6.20 Å². The first kappa shape index (κ1) is 14.5. The summed E-state index contributed by atoms with van der Waals surface area (Å²) in [5, 5.41) is 11.9. The first-order valence-electron chi connectivity index (χ1n) is 5.57. The zero-order valence-electron chi connectivity index (χ0n) is 10.3. The van der Waals surface area contributed by atoms with Crippen molar-refractivity contribution in [2.24, 2.45) is 0 Å². The van der Waals surface area contributed by atoms with Crippen molar-refractivity contribution in [3.8, 4) is 0 Å². The minimum absolute atomic E-state index is 0.0204. The van der Waals surface area contributed by atoms with Gasteiger partial charge in [-0.05, 0) is 20.3 Å². The minimum atomic E-state index is -0.920. The summed E-state index contributed by atoms with van der Waals surface area (Å²) in [5.41, 5.74) is -0.940. The number of aliphatic hydroxyl groups is 1. The van der Waals surface area contributed by atoms with E-state index >= 15 is 0 Å². The molecule has 4 nitrogen and oxygen atoms in total. The molecule has 1 aromatic heterocycles. The summed E-state index contributed by atoms with van der Waals surface area (Å²) in [6, 6.07) is 0.714. The second kappa shape index (κ2) is 5.86. The molecule has 0 saturated carbocycles. The summed E-state index contributed by atoms with van der Waals surface area (Å²) in [6.45, 7) is 3.10. The molecule has 0 atom stereocenters. The zero-order chi connectivity index (χ0) is 13.8. The van der Waals surface area contributed by atoms with Crippen molar-refractivity contribution in [2.75, 3.05) is 0 Å². The van der Waals surface area contributed by atoms with Gasteiger partial charge in [0, 0.05) is 12.5 Å². The summed E-state index contributed by atoms with van der Waals surface area (Å²) in [5.74, 6) is -1.87. The van der Waals surface area contributed by atoms with Gasteiger partial charge < -0.3 is 10.4 Å². The molecule has 6 heteroatoms. The highest BCUT2D eigenvalue weighted by molar-refractivity contribution is 5.75. The second-order valence-electron chi connectivity index (χ2n) is 4.67. The van der Waals surface area contributed by atoms with Crippen LogP contribution in [0.3, 0.4) is 0 Å². The van der Waals surface area contributed by atoms with Gasteiger partial charge in [-0.2, -0.15) is 0 Å². The van der Waals surface area contributed by atoms with Crippen LogP contribution in [0.4, 0.5) is 8.78 Å². The van der Waals surface area contributed by atoms with Gasteiger partial charge in [0.2, 0.25) is 5.91 Å². The van der Waals surface area contributed by atoms with Crippen molar-refractivity contribution < 1.29 is 18.7 Å². The van der Waals surface area contributed by atoms with E-state index < -0.39 is 17.2 Å². The van der Waals surface area contributed by atoms with Crippen LogP contribution in [0.2, 0.25) is 0 Å². The van der Waals surface area contributed by atoms with Crippen LogP contribution in [0.1, 0.15) is 32.4 Å². The Kier molecular flexibility index (Phi) is 4.72. The highest BCUT2D eigenvalue weighted by Gasteiger charge is 2.15. The van der Waals surface area contributed by atoms with E-state index in [4.69, 9.17) is 0 Å². The molecule has 18 heavy (non-hydrogen) atoms. The van der Waals surface area contributed by atoms with E-state index in [1.54, 1.807) is 13.8 Å². The molecule has 1 rings (SSSR count). The zero-order valence-corrected chi connectivity index (χ0v) is 10.3. The molecule has 0 fully saturated rings. The first-order chi connectivity index (χ1) is 8.28. The van der Waals surface area contributed by atoms with Crippen LogP contribution in [-0.2, 0) is 11.3 Å². The predicted molar refractivity (Wildman–Crippen MR) is 61.5 cm³/mol. The number of hydrogen-bond acceptors (Lipinski definition) is 3. The third kappa shape index (κ3) is 5.18. The fraction of sp³-hybridized carbons (Fsp3) is 0.500. The molecule has 1 heterocycles. The van der Waals surface area contributed by atoms with Crippen LogP contribution < -0.4 is 5.32 Å². The second-order valence-corrected chi connectivity index (χ2v) is 4.67. The van der Waals surface area contributed by atoms with Gasteiger partial charge in [-0.25, -0.2) is 8.78 Å². The number of pyridine rings is 1. The molecular formula is C12H16F2N2O2. The SMILES string of the molecule is CC(C)(O)CCC(=O)NCc1ncc(F)cc1F. The predicted octanol–water partition coefficient (Wildman–Crippen LogP) is 1.53. The molecule has 0 spiro atoms. The molecule has 0 aliphatic carbocycles. The van der Waals surface area contributed by atoms with E-state index in [-0.39, 0.29) is 24.6 Å². The summed E-state index contributed by atoms with van der Waals surface area (Å²) in [4.78, 5) is 14.9. The standard InChI is InChI=1S/C12H16F2N2O2/c1-12(2,18)4-3-11(17)16-7-10-9(14)5-8(13)6-15-10/h5-6,18H,3-4,7H2,1-2H3,(H,16,17). The Labute approximate surface area is 104 Å². The average molecular weight is 258 g/mol. The van der Waals surface area contributed by atoms with E-state index in [0.29, 0.717) is 12.5 Å². The van der Waals surface area contributed by atoms with Crippen molar-refractivity contribution in [1.29, 1.82) is 0 Å². The number of halogens is 2. The molecule has 0 aliphatic heterocycles. The Morgan fingerprint density at radius 2 is 2.17 bits per heavy atom. The highest BCUT2D eigenvalue weighted by Crippen LogP contribution is 2.10. The summed E-state index contributed by atoms with van der Waals surface area (Å²) >= 11 is 0. The minimum Gasteiger partial charge on any atom is -0.390 e. The van der Waals surface area contributed by atoms with Crippen LogP contribution in [0, 0.1) is 11.6 Å². The third-order valence-electron chi connectivity index (χ3n) is 2.30. The quantitative estimate of drug-likeness (QED) is 0.842. The molecule has 0 unspecified atom stereocenters. The molecule has 1 amide bonds. The lowest BCUT2D eigenvalue weighted by Gasteiger charge is -2.16. The Balaban J connectivity index is 2.43. The van der Waals surface area contributed by atoms with Gasteiger partial charge in [-0.3, -0.25) is 9.78 Å². The van der Waals surface area contributed by atoms with Crippen molar-refractivity contribution in [2.45, 2.75) is 38.8 Å². The smallest absolute Gasteiger partial charge is 0.220 e. The van der Waals surface area contributed by atoms with Gasteiger partial charge in [0.05, 0.1) is 24.0 Å². The molecule has 0 aromatic carbocycles. The van der Waals surface area contributed by atoms with Gasteiger partial charge in [-0.15, -0.1) is 0 Å². The van der Waals surface area contributed by atoms with Crippen molar-refractivity contribution >= 4 is 5.91 Å². The van der Waals surface area contributed by atoms with Crippen LogP contribution in [-0.4, -0.2) is 21.6 Å². The monoisotopic (exact) mass is 258 g/mol. The van der Waals surface area contributed by atoms with Crippen LogP contribution in [0.25, 0.3) is 0 Å². The summed E-state index contributed by atoms with van der Waals surface area (Å²) in [6.07, 6.45) is 1.33. The van der Waals surface area contributed by atoms with E-state index in [1.165, 1.54) is 0 Å². The maximum atomic E-state index is 13.2. The molecule has 100 valence electrons. The Bertz CT molecular complexity index is 431. The highest BCUT2D eigenvalue weighted by atomic mass is 19.1. The van der Waals surface area contributed by atoms with E-state index in [2.05, 4.69) is 10.3 Å². The number of carbonyl (C=O) groups is 1. The molecular weight excluding hydrogens is 242 g/mol. The average Bonchev–Trinajstić information content (AvgIpc) is 2.24. The number of nitrogens with zero attached hydrogens (tertiary/aromatic N) is 1. The Morgan fingerprint density at radius 1 is 1.50 bits per heavy atom. The molecule has 0 aliphatic rings. The largest absolute Gasteiger partial charge is 0.390 e. The number of aromatic nitrogens is 1.